The Morgan fingerprint density at radius 3 is 2.56 bits per heavy atom. The van der Waals surface area contributed by atoms with E-state index >= 15 is 0 Å². The standard InChI is InChI=1S/C11H14N4O2S/c1-8(2)13-11(18)14-12-7-9-3-5-10(6-4-9)15(16)17/h3-8H,1-2H3,(H2,13,14,18). The van der Waals surface area contributed by atoms with Crippen molar-refractivity contribution in [2.45, 2.75) is 19.9 Å². The molecule has 0 saturated heterocycles. The summed E-state index contributed by atoms with van der Waals surface area (Å²) >= 11 is 4.98. The van der Waals surface area contributed by atoms with E-state index in [2.05, 4.69) is 15.8 Å². The first-order chi connectivity index (χ1) is 8.49. The number of nitrogens with zero attached hydrogens (tertiary/aromatic N) is 2. The van der Waals surface area contributed by atoms with Gasteiger partial charge < -0.3 is 5.32 Å². The monoisotopic (exact) mass is 266 g/mol. The number of benzene rings is 1. The minimum Gasteiger partial charge on any atom is -0.359 e. The molecule has 0 aliphatic rings. The molecule has 1 aromatic carbocycles. The van der Waals surface area contributed by atoms with Gasteiger partial charge in [0.1, 0.15) is 0 Å². The molecule has 0 spiro atoms. The fourth-order valence-electron chi connectivity index (χ4n) is 1.14. The van der Waals surface area contributed by atoms with Gasteiger partial charge in [0.25, 0.3) is 5.69 Å². The van der Waals surface area contributed by atoms with Crippen molar-refractivity contribution in [3.63, 3.8) is 0 Å². The van der Waals surface area contributed by atoms with Crippen LogP contribution < -0.4 is 10.7 Å². The Bertz CT molecular complexity index is 457. The summed E-state index contributed by atoms with van der Waals surface area (Å²) in [5.41, 5.74) is 3.46. The summed E-state index contributed by atoms with van der Waals surface area (Å²) in [5, 5.41) is 17.8. The van der Waals surface area contributed by atoms with Gasteiger partial charge in [0.15, 0.2) is 5.11 Å². The number of hydrazone groups is 1. The summed E-state index contributed by atoms with van der Waals surface area (Å²) in [6.45, 7) is 3.93. The number of nitro benzene ring substituents is 1. The molecule has 1 aromatic rings. The first-order valence-corrected chi connectivity index (χ1v) is 5.74. The van der Waals surface area contributed by atoms with Gasteiger partial charge in [0.05, 0.1) is 11.1 Å². The van der Waals surface area contributed by atoms with Gasteiger partial charge in [-0.1, -0.05) is 0 Å². The molecule has 0 unspecified atom stereocenters. The zero-order chi connectivity index (χ0) is 13.5. The summed E-state index contributed by atoms with van der Waals surface area (Å²) in [7, 11) is 0. The van der Waals surface area contributed by atoms with Gasteiger partial charge in [0.2, 0.25) is 0 Å². The van der Waals surface area contributed by atoms with Gasteiger partial charge in [-0.05, 0) is 43.8 Å². The van der Waals surface area contributed by atoms with Gasteiger partial charge >= 0.3 is 0 Å². The topological polar surface area (TPSA) is 79.6 Å². The average Bonchev–Trinajstić information content (AvgIpc) is 2.28. The van der Waals surface area contributed by atoms with Crippen molar-refractivity contribution in [2.75, 3.05) is 0 Å². The van der Waals surface area contributed by atoms with E-state index in [9.17, 15) is 10.1 Å². The van der Waals surface area contributed by atoms with Crippen molar-refractivity contribution in [3.05, 3.63) is 39.9 Å². The highest BCUT2D eigenvalue weighted by atomic mass is 32.1. The Morgan fingerprint density at radius 1 is 1.44 bits per heavy atom. The number of hydrogen-bond acceptors (Lipinski definition) is 4. The predicted octanol–water partition coefficient (Wildman–Crippen LogP) is 1.80. The van der Waals surface area contributed by atoms with Crippen LogP contribution in [-0.2, 0) is 0 Å². The van der Waals surface area contributed by atoms with Crippen LogP contribution in [0.1, 0.15) is 19.4 Å². The van der Waals surface area contributed by atoms with Crippen LogP contribution in [0.25, 0.3) is 0 Å². The van der Waals surface area contributed by atoms with Gasteiger partial charge in [-0.2, -0.15) is 5.10 Å². The molecule has 1 rings (SSSR count). The first-order valence-electron chi connectivity index (χ1n) is 5.33. The Morgan fingerprint density at radius 2 is 2.06 bits per heavy atom. The molecule has 7 heteroatoms. The molecular formula is C11H14N4O2S. The number of nitrogens with one attached hydrogen (secondary N) is 2. The molecule has 0 bridgehead atoms. The average molecular weight is 266 g/mol. The Balaban J connectivity index is 2.52. The minimum absolute atomic E-state index is 0.0529. The van der Waals surface area contributed by atoms with Crippen LogP contribution in [0, 0.1) is 10.1 Å². The highest BCUT2D eigenvalue weighted by Gasteiger charge is 2.02. The largest absolute Gasteiger partial charge is 0.359 e. The smallest absolute Gasteiger partial charge is 0.269 e. The second-order valence-corrected chi connectivity index (χ2v) is 4.26. The Labute approximate surface area is 110 Å². The predicted molar refractivity (Wildman–Crippen MR) is 74.7 cm³/mol. The quantitative estimate of drug-likeness (QED) is 0.376. The van der Waals surface area contributed by atoms with Crippen LogP contribution >= 0.6 is 12.2 Å². The first kappa shape index (κ1) is 14.0. The van der Waals surface area contributed by atoms with Crippen molar-refractivity contribution in [3.8, 4) is 0 Å². The second-order valence-electron chi connectivity index (χ2n) is 3.85. The lowest BCUT2D eigenvalue weighted by Crippen LogP contribution is -2.36. The molecule has 0 aromatic heterocycles. The third-order valence-corrected chi connectivity index (χ3v) is 2.11. The zero-order valence-electron chi connectivity index (χ0n) is 10.1. The Kier molecular flexibility index (Phi) is 5.19. The summed E-state index contributed by atoms with van der Waals surface area (Å²) in [6.07, 6.45) is 1.54. The molecule has 18 heavy (non-hydrogen) atoms. The highest BCUT2D eigenvalue weighted by molar-refractivity contribution is 7.80. The van der Waals surface area contributed by atoms with Crippen LogP contribution in [0.15, 0.2) is 29.4 Å². The molecule has 0 aliphatic carbocycles. The van der Waals surface area contributed by atoms with E-state index in [0.717, 1.165) is 5.56 Å². The molecule has 0 heterocycles. The van der Waals surface area contributed by atoms with Gasteiger partial charge in [0, 0.05) is 18.2 Å². The van der Waals surface area contributed by atoms with Crippen LogP contribution in [0.4, 0.5) is 5.69 Å². The van der Waals surface area contributed by atoms with E-state index < -0.39 is 4.92 Å². The van der Waals surface area contributed by atoms with Crippen molar-refractivity contribution in [1.82, 2.24) is 10.7 Å². The zero-order valence-corrected chi connectivity index (χ0v) is 10.9. The summed E-state index contributed by atoms with van der Waals surface area (Å²) in [4.78, 5) is 10.0. The second kappa shape index (κ2) is 6.65. The Hall–Kier alpha value is -2.02. The van der Waals surface area contributed by atoms with Crippen molar-refractivity contribution >= 4 is 29.2 Å². The SMILES string of the molecule is CC(C)NC(=S)NN=Cc1ccc([N+](=O)[O-])cc1. The lowest BCUT2D eigenvalue weighted by molar-refractivity contribution is -0.384. The fraction of sp³-hybridized carbons (Fsp3) is 0.273. The lowest BCUT2D eigenvalue weighted by Gasteiger charge is -2.09. The molecule has 0 saturated carbocycles. The van der Waals surface area contributed by atoms with E-state index in [0.29, 0.717) is 5.11 Å². The van der Waals surface area contributed by atoms with Crippen LogP contribution in [0.5, 0.6) is 0 Å². The van der Waals surface area contributed by atoms with Crippen LogP contribution in [0.2, 0.25) is 0 Å². The van der Waals surface area contributed by atoms with E-state index in [4.69, 9.17) is 12.2 Å². The lowest BCUT2D eigenvalue weighted by atomic mass is 10.2. The van der Waals surface area contributed by atoms with Crippen LogP contribution in [-0.4, -0.2) is 22.3 Å². The number of nitro groups is 1. The molecule has 0 atom stereocenters. The van der Waals surface area contributed by atoms with E-state index in [-0.39, 0.29) is 11.7 Å². The summed E-state index contributed by atoms with van der Waals surface area (Å²) in [5.74, 6) is 0. The maximum atomic E-state index is 10.5. The fourth-order valence-corrected chi connectivity index (χ4v) is 1.43. The highest BCUT2D eigenvalue weighted by Crippen LogP contribution is 2.10. The molecule has 0 fully saturated rings. The number of rotatable bonds is 4. The third-order valence-electron chi connectivity index (χ3n) is 1.90. The third kappa shape index (κ3) is 4.88. The van der Waals surface area contributed by atoms with Gasteiger partial charge in [-0.25, -0.2) is 0 Å². The number of thiocarbonyl (C=S) groups is 1. The van der Waals surface area contributed by atoms with E-state index in [1.54, 1.807) is 12.1 Å². The van der Waals surface area contributed by atoms with Gasteiger partial charge in [-0.3, -0.25) is 15.5 Å². The normalized spacial score (nSPS) is 10.6. The molecule has 0 amide bonds. The molecule has 6 nitrogen and oxygen atoms in total. The summed E-state index contributed by atoms with van der Waals surface area (Å²) < 4.78 is 0. The maximum absolute atomic E-state index is 10.5. The molecule has 0 radical (unpaired) electrons. The van der Waals surface area contributed by atoms with Crippen LogP contribution in [0.3, 0.4) is 0 Å². The molecule has 96 valence electrons. The van der Waals surface area contributed by atoms with Crippen molar-refractivity contribution in [1.29, 1.82) is 0 Å². The minimum atomic E-state index is -0.444. The maximum Gasteiger partial charge on any atom is 0.269 e. The summed E-state index contributed by atoms with van der Waals surface area (Å²) in [6, 6.07) is 6.31. The molecular weight excluding hydrogens is 252 g/mol. The number of hydrogen-bond donors (Lipinski definition) is 2. The van der Waals surface area contributed by atoms with Crippen molar-refractivity contribution < 1.29 is 4.92 Å². The van der Waals surface area contributed by atoms with Crippen molar-refractivity contribution in [2.24, 2.45) is 5.10 Å². The number of non-ortho nitro benzene ring substituents is 1. The molecule has 0 aliphatic heterocycles. The molecule has 2 N–H and O–H groups in total. The van der Waals surface area contributed by atoms with E-state index in [1.807, 2.05) is 13.8 Å². The van der Waals surface area contributed by atoms with Gasteiger partial charge in [-0.15, -0.1) is 0 Å². The van der Waals surface area contributed by atoms with E-state index in [1.165, 1.54) is 18.3 Å².